The maximum absolute atomic E-state index is 11.1. The summed E-state index contributed by atoms with van der Waals surface area (Å²) in [7, 11) is 0. The van der Waals surface area contributed by atoms with E-state index in [0.29, 0.717) is 5.75 Å². The van der Waals surface area contributed by atoms with Gasteiger partial charge < -0.3 is 14.9 Å². The van der Waals surface area contributed by atoms with E-state index in [2.05, 4.69) is 4.98 Å². The molecule has 0 amide bonds. The predicted octanol–water partition coefficient (Wildman–Crippen LogP) is 4.00. The zero-order valence-electron chi connectivity index (χ0n) is 13.9. The number of nitrogens with zero attached hydrogens (tertiary/aromatic N) is 1. The molecular weight excluding hydrogens is 330 g/mol. The fourth-order valence-corrected chi connectivity index (χ4v) is 2.54. The quantitative estimate of drug-likeness (QED) is 0.705. The fourth-order valence-electron chi connectivity index (χ4n) is 2.54. The van der Waals surface area contributed by atoms with Crippen molar-refractivity contribution in [1.82, 2.24) is 4.98 Å². The van der Waals surface area contributed by atoms with Crippen molar-refractivity contribution in [2.75, 3.05) is 6.61 Å². The molecule has 1 aromatic heterocycles. The largest absolute Gasteiger partial charge is 0.507 e. The minimum Gasteiger partial charge on any atom is -0.507 e. The Morgan fingerprint density at radius 3 is 2.50 bits per heavy atom. The van der Waals surface area contributed by atoms with Crippen molar-refractivity contribution in [3.8, 4) is 11.5 Å². The van der Waals surface area contributed by atoms with E-state index in [4.69, 9.17) is 9.84 Å². The summed E-state index contributed by atoms with van der Waals surface area (Å²) >= 11 is 0. The molecule has 0 spiro atoms. The lowest BCUT2D eigenvalue weighted by molar-refractivity contribution is 0.0693. The van der Waals surface area contributed by atoms with E-state index in [1.165, 1.54) is 18.2 Å². The average molecular weight is 347 g/mol. The number of carboxylic acid groups (broad SMARTS) is 1. The van der Waals surface area contributed by atoms with Gasteiger partial charge in [0.05, 0.1) is 0 Å². The summed E-state index contributed by atoms with van der Waals surface area (Å²) < 4.78 is 5.65. The molecule has 0 atom stereocenters. The van der Waals surface area contributed by atoms with Crippen molar-refractivity contribution < 1.29 is 19.7 Å². The lowest BCUT2D eigenvalue weighted by Gasteiger charge is -2.10. The Morgan fingerprint density at radius 1 is 1.04 bits per heavy atom. The monoisotopic (exact) mass is 347 g/mol. The summed E-state index contributed by atoms with van der Waals surface area (Å²) in [6.07, 6.45) is 5.41. The van der Waals surface area contributed by atoms with Gasteiger partial charge in [-0.1, -0.05) is 36.4 Å². The molecule has 3 aromatic rings. The first-order chi connectivity index (χ1) is 12.6. The van der Waals surface area contributed by atoms with Gasteiger partial charge in [0, 0.05) is 18.0 Å². The van der Waals surface area contributed by atoms with Crippen molar-refractivity contribution >= 4 is 11.5 Å². The zero-order chi connectivity index (χ0) is 18.4. The van der Waals surface area contributed by atoms with Crippen LogP contribution in [0.2, 0.25) is 0 Å². The van der Waals surface area contributed by atoms with Gasteiger partial charge in [0.25, 0.3) is 0 Å². The molecular formula is C21H17NO4. The molecule has 2 N–H and O–H groups in total. The third-order valence-electron chi connectivity index (χ3n) is 3.79. The van der Waals surface area contributed by atoms with Gasteiger partial charge in [-0.05, 0) is 41.5 Å². The topological polar surface area (TPSA) is 79.7 Å². The van der Waals surface area contributed by atoms with E-state index in [9.17, 15) is 9.90 Å². The molecule has 5 nitrogen and oxygen atoms in total. The minimum atomic E-state index is -1.20. The zero-order valence-corrected chi connectivity index (χ0v) is 13.9. The van der Waals surface area contributed by atoms with Crippen molar-refractivity contribution in [2.24, 2.45) is 0 Å². The number of aromatic nitrogens is 1. The smallest absolute Gasteiger partial charge is 0.339 e. The maximum atomic E-state index is 11.1. The van der Waals surface area contributed by atoms with Crippen LogP contribution in [-0.2, 0) is 0 Å². The number of phenols is 1. The van der Waals surface area contributed by atoms with Crippen LogP contribution in [0.25, 0.3) is 5.57 Å². The number of hydrogen-bond donors (Lipinski definition) is 2. The number of pyridine rings is 1. The van der Waals surface area contributed by atoms with Crippen LogP contribution in [0.1, 0.15) is 21.5 Å². The standard InChI is InChI=1S/C21H17NO4/c23-20-9-8-17(13-19(20)21(24)25)26-12-10-18(15-5-2-1-3-6-15)16-7-4-11-22-14-16/h1-11,13-14,23H,12H2,(H,24,25). The normalized spacial score (nSPS) is 11.2. The first-order valence-corrected chi connectivity index (χ1v) is 8.00. The van der Waals surface area contributed by atoms with Crippen LogP contribution in [0.3, 0.4) is 0 Å². The third kappa shape index (κ3) is 4.08. The first kappa shape index (κ1) is 17.2. The number of hydrogen-bond acceptors (Lipinski definition) is 4. The second-order valence-corrected chi connectivity index (χ2v) is 5.52. The molecule has 0 radical (unpaired) electrons. The summed E-state index contributed by atoms with van der Waals surface area (Å²) in [6, 6.07) is 17.8. The molecule has 0 bridgehead atoms. The fraction of sp³-hybridized carbons (Fsp3) is 0.0476. The molecule has 3 rings (SSSR count). The summed E-state index contributed by atoms with van der Waals surface area (Å²) in [6.45, 7) is 0.239. The summed E-state index contributed by atoms with van der Waals surface area (Å²) in [5, 5.41) is 18.6. The SMILES string of the molecule is O=C(O)c1cc(OCC=C(c2ccccc2)c2cccnc2)ccc1O. The second-order valence-electron chi connectivity index (χ2n) is 5.52. The highest BCUT2D eigenvalue weighted by atomic mass is 16.5. The molecule has 0 aliphatic carbocycles. The maximum Gasteiger partial charge on any atom is 0.339 e. The lowest BCUT2D eigenvalue weighted by atomic mass is 9.99. The van der Waals surface area contributed by atoms with E-state index in [0.717, 1.165) is 16.7 Å². The molecule has 2 aromatic carbocycles. The number of rotatable bonds is 6. The Hall–Kier alpha value is -3.60. The molecule has 5 heteroatoms. The Kier molecular flexibility index (Phi) is 5.29. The lowest BCUT2D eigenvalue weighted by Crippen LogP contribution is -2.00. The molecule has 0 fully saturated rings. The van der Waals surface area contributed by atoms with Crippen LogP contribution in [0, 0.1) is 0 Å². The highest BCUT2D eigenvalue weighted by Gasteiger charge is 2.11. The molecule has 26 heavy (non-hydrogen) atoms. The number of carbonyl (C=O) groups is 1. The van der Waals surface area contributed by atoms with E-state index < -0.39 is 5.97 Å². The van der Waals surface area contributed by atoms with E-state index in [-0.39, 0.29) is 17.9 Å². The van der Waals surface area contributed by atoms with Gasteiger partial charge in [-0.2, -0.15) is 0 Å². The highest BCUT2D eigenvalue weighted by Crippen LogP contribution is 2.25. The Bertz CT molecular complexity index is 880. The van der Waals surface area contributed by atoms with Crippen molar-refractivity contribution in [2.45, 2.75) is 0 Å². The predicted molar refractivity (Wildman–Crippen MR) is 98.3 cm³/mol. The molecule has 0 aliphatic rings. The molecule has 0 unspecified atom stereocenters. The Morgan fingerprint density at radius 2 is 1.81 bits per heavy atom. The molecule has 1 heterocycles. The third-order valence-corrected chi connectivity index (χ3v) is 3.79. The van der Waals surface area contributed by atoms with E-state index >= 15 is 0 Å². The van der Waals surface area contributed by atoms with Crippen molar-refractivity contribution in [1.29, 1.82) is 0 Å². The average Bonchev–Trinajstić information content (AvgIpc) is 2.67. The van der Waals surface area contributed by atoms with Gasteiger partial charge in [-0.3, -0.25) is 4.98 Å². The van der Waals surface area contributed by atoms with Gasteiger partial charge in [0.1, 0.15) is 23.7 Å². The highest BCUT2D eigenvalue weighted by molar-refractivity contribution is 5.91. The summed E-state index contributed by atoms with van der Waals surface area (Å²) in [5.74, 6) is -1.13. The molecule has 0 saturated carbocycles. The van der Waals surface area contributed by atoms with Crippen molar-refractivity contribution in [3.63, 3.8) is 0 Å². The summed E-state index contributed by atoms with van der Waals surface area (Å²) in [4.78, 5) is 15.3. The number of carboxylic acids is 1. The van der Waals surface area contributed by atoms with Crippen LogP contribution in [-0.4, -0.2) is 27.8 Å². The van der Waals surface area contributed by atoms with Gasteiger partial charge in [0.15, 0.2) is 0 Å². The number of aromatic hydroxyl groups is 1. The van der Waals surface area contributed by atoms with Crippen LogP contribution >= 0.6 is 0 Å². The van der Waals surface area contributed by atoms with Gasteiger partial charge >= 0.3 is 5.97 Å². The molecule has 130 valence electrons. The van der Waals surface area contributed by atoms with Crippen LogP contribution in [0.4, 0.5) is 0 Å². The van der Waals surface area contributed by atoms with E-state index in [1.54, 1.807) is 12.4 Å². The van der Waals surface area contributed by atoms with Gasteiger partial charge in [-0.15, -0.1) is 0 Å². The Balaban J connectivity index is 1.84. The van der Waals surface area contributed by atoms with Crippen molar-refractivity contribution in [3.05, 3.63) is 95.8 Å². The molecule has 0 aliphatic heterocycles. The minimum absolute atomic E-state index is 0.193. The van der Waals surface area contributed by atoms with Crippen LogP contribution < -0.4 is 4.74 Å². The second kappa shape index (κ2) is 7.98. The van der Waals surface area contributed by atoms with E-state index in [1.807, 2.05) is 48.5 Å². The van der Waals surface area contributed by atoms with Gasteiger partial charge in [-0.25, -0.2) is 4.79 Å². The number of ether oxygens (including phenoxy) is 1. The number of aromatic carboxylic acids is 1. The van der Waals surface area contributed by atoms with Crippen LogP contribution in [0.5, 0.6) is 11.5 Å². The van der Waals surface area contributed by atoms with Gasteiger partial charge in [0.2, 0.25) is 0 Å². The Labute approximate surface area is 150 Å². The summed E-state index contributed by atoms with van der Waals surface area (Å²) in [5.41, 5.74) is 2.76. The molecule has 0 saturated heterocycles. The van der Waals surface area contributed by atoms with Crippen LogP contribution in [0.15, 0.2) is 79.1 Å². The first-order valence-electron chi connectivity index (χ1n) is 8.00. The number of benzene rings is 2.